The molecule has 0 heterocycles. The van der Waals surface area contributed by atoms with Crippen molar-refractivity contribution in [2.45, 2.75) is 26.3 Å². The lowest BCUT2D eigenvalue weighted by Crippen LogP contribution is -2.29. The number of nitrogens with zero attached hydrogens (tertiary/aromatic N) is 1. The zero-order valence-electron chi connectivity index (χ0n) is 15.3. The van der Waals surface area contributed by atoms with Crippen molar-refractivity contribution in [3.8, 4) is 0 Å². The van der Waals surface area contributed by atoms with Gasteiger partial charge in [0.1, 0.15) is 0 Å². The molecule has 2 aromatic rings. The molecule has 26 heavy (non-hydrogen) atoms. The predicted octanol–water partition coefficient (Wildman–Crippen LogP) is 3.93. The molecular weight excluding hydrogens is 372 g/mol. The van der Waals surface area contributed by atoms with Gasteiger partial charge in [-0.1, -0.05) is 48.4 Å². The van der Waals surface area contributed by atoms with Gasteiger partial charge in [0.2, 0.25) is 10.0 Å². The Morgan fingerprint density at radius 2 is 1.81 bits per heavy atom. The molecule has 0 spiro atoms. The third kappa shape index (κ3) is 4.77. The number of amides is 1. The van der Waals surface area contributed by atoms with Crippen molar-refractivity contribution in [3.63, 3.8) is 0 Å². The summed E-state index contributed by atoms with van der Waals surface area (Å²) in [6.07, 6.45) is 1.84. The zero-order chi connectivity index (χ0) is 19.5. The molecule has 2 aromatic carbocycles. The number of halogens is 1. The molecule has 0 bridgehead atoms. The lowest BCUT2D eigenvalue weighted by molar-refractivity contribution is 0.0935. The summed E-state index contributed by atoms with van der Waals surface area (Å²) in [7, 11) is -1.96. The summed E-state index contributed by atoms with van der Waals surface area (Å²) in [5.41, 5.74) is 2.89. The molecule has 0 unspecified atom stereocenters. The van der Waals surface area contributed by atoms with Gasteiger partial charge in [-0.2, -0.15) is 0 Å². The molecule has 0 aliphatic heterocycles. The lowest BCUT2D eigenvalue weighted by Gasteiger charge is -2.20. The van der Waals surface area contributed by atoms with Crippen LogP contribution in [0.15, 0.2) is 42.5 Å². The van der Waals surface area contributed by atoms with Crippen molar-refractivity contribution in [2.75, 3.05) is 17.6 Å². The van der Waals surface area contributed by atoms with Crippen LogP contribution in [-0.4, -0.2) is 27.6 Å². The summed E-state index contributed by atoms with van der Waals surface area (Å²) in [6.45, 7) is 4.01. The summed E-state index contributed by atoms with van der Waals surface area (Å²) >= 11 is 6.23. The maximum atomic E-state index is 12.6. The van der Waals surface area contributed by atoms with Crippen LogP contribution in [0.3, 0.4) is 0 Å². The number of carbonyl (C=O) groups is 1. The third-order valence-corrected chi connectivity index (χ3v) is 5.77. The molecular formula is C19H23ClN2O3S. The van der Waals surface area contributed by atoms with Crippen molar-refractivity contribution < 1.29 is 13.2 Å². The molecule has 0 aliphatic rings. The predicted molar refractivity (Wildman–Crippen MR) is 106 cm³/mol. The molecule has 0 fully saturated rings. The molecule has 140 valence electrons. The standard InChI is InChI=1S/C19H23ClN2O3S/c1-5-18(14-8-6-13(2)7-9-14)21-19(23)16-11-10-15(12-17(16)20)22(3)26(4,24)25/h6-12,18H,5H2,1-4H3,(H,21,23)/t18-/m1/s1. The zero-order valence-corrected chi connectivity index (χ0v) is 16.9. The van der Waals surface area contributed by atoms with Crippen molar-refractivity contribution in [3.05, 3.63) is 64.2 Å². The Morgan fingerprint density at radius 3 is 2.31 bits per heavy atom. The van der Waals surface area contributed by atoms with Crippen LogP contribution in [0.5, 0.6) is 0 Å². The number of anilines is 1. The van der Waals surface area contributed by atoms with E-state index in [2.05, 4.69) is 5.32 Å². The fourth-order valence-corrected chi connectivity index (χ4v) is 3.29. The highest BCUT2D eigenvalue weighted by molar-refractivity contribution is 7.92. The Hall–Kier alpha value is -2.05. The molecule has 0 saturated heterocycles. The average Bonchev–Trinajstić information content (AvgIpc) is 2.58. The highest BCUT2D eigenvalue weighted by Crippen LogP contribution is 2.25. The van der Waals surface area contributed by atoms with Gasteiger partial charge in [0.15, 0.2) is 0 Å². The summed E-state index contributed by atoms with van der Waals surface area (Å²) < 4.78 is 24.4. The maximum absolute atomic E-state index is 12.6. The lowest BCUT2D eigenvalue weighted by atomic mass is 10.0. The number of sulfonamides is 1. The summed E-state index contributed by atoms with van der Waals surface area (Å²) in [5.74, 6) is -0.295. The minimum Gasteiger partial charge on any atom is -0.345 e. The number of hydrogen-bond donors (Lipinski definition) is 1. The monoisotopic (exact) mass is 394 g/mol. The molecule has 5 nitrogen and oxygen atoms in total. The average molecular weight is 395 g/mol. The number of aryl methyl sites for hydroxylation is 1. The molecule has 1 N–H and O–H groups in total. The summed E-state index contributed by atoms with van der Waals surface area (Å²) in [5, 5.41) is 3.19. The molecule has 1 atom stereocenters. The second-order valence-corrected chi connectivity index (χ2v) is 8.66. The number of rotatable bonds is 6. The maximum Gasteiger partial charge on any atom is 0.253 e. The molecule has 1 amide bonds. The van der Waals surface area contributed by atoms with Crippen LogP contribution < -0.4 is 9.62 Å². The van der Waals surface area contributed by atoms with E-state index in [1.807, 2.05) is 38.1 Å². The summed E-state index contributed by atoms with van der Waals surface area (Å²) in [4.78, 5) is 12.6. The fraction of sp³-hybridized carbons (Fsp3) is 0.316. The Morgan fingerprint density at radius 1 is 1.19 bits per heavy atom. The molecule has 7 heteroatoms. The summed E-state index contributed by atoms with van der Waals surface area (Å²) in [6, 6.07) is 12.5. The van der Waals surface area contributed by atoms with Gasteiger partial charge in [-0.3, -0.25) is 9.10 Å². The second-order valence-electron chi connectivity index (χ2n) is 6.24. The van der Waals surface area contributed by atoms with Gasteiger partial charge < -0.3 is 5.32 Å². The van der Waals surface area contributed by atoms with E-state index < -0.39 is 10.0 Å². The van der Waals surface area contributed by atoms with E-state index in [9.17, 15) is 13.2 Å². The van der Waals surface area contributed by atoms with Crippen LogP contribution in [0.25, 0.3) is 0 Å². The normalized spacial score (nSPS) is 12.5. The van der Waals surface area contributed by atoms with Gasteiger partial charge in [0, 0.05) is 7.05 Å². The third-order valence-electron chi connectivity index (χ3n) is 4.25. The van der Waals surface area contributed by atoms with Gasteiger partial charge in [-0.05, 0) is 37.1 Å². The van der Waals surface area contributed by atoms with Crippen molar-refractivity contribution in [1.82, 2.24) is 5.32 Å². The molecule has 0 saturated carbocycles. The first-order valence-electron chi connectivity index (χ1n) is 8.24. The number of hydrogen-bond acceptors (Lipinski definition) is 3. The van der Waals surface area contributed by atoms with E-state index in [4.69, 9.17) is 11.6 Å². The van der Waals surface area contributed by atoms with Crippen LogP contribution >= 0.6 is 11.6 Å². The van der Waals surface area contributed by atoms with Crippen LogP contribution in [0.1, 0.15) is 40.9 Å². The quantitative estimate of drug-likeness (QED) is 0.807. The molecule has 0 aromatic heterocycles. The van der Waals surface area contributed by atoms with E-state index in [0.717, 1.165) is 28.1 Å². The van der Waals surface area contributed by atoms with Gasteiger partial charge >= 0.3 is 0 Å². The number of carbonyl (C=O) groups excluding carboxylic acids is 1. The first-order chi connectivity index (χ1) is 12.1. The Labute approximate surface area is 160 Å². The Kier molecular flexibility index (Phi) is 6.31. The van der Waals surface area contributed by atoms with Gasteiger partial charge in [0.25, 0.3) is 5.91 Å². The van der Waals surface area contributed by atoms with Crippen molar-refractivity contribution in [2.24, 2.45) is 0 Å². The topological polar surface area (TPSA) is 66.5 Å². The smallest absolute Gasteiger partial charge is 0.253 e. The fourth-order valence-electron chi connectivity index (χ4n) is 2.53. The highest BCUT2D eigenvalue weighted by Gasteiger charge is 2.19. The Bertz CT molecular complexity index is 896. The Balaban J connectivity index is 2.22. The largest absolute Gasteiger partial charge is 0.345 e. The van der Waals surface area contributed by atoms with Gasteiger partial charge in [-0.25, -0.2) is 8.42 Å². The van der Waals surface area contributed by atoms with E-state index in [1.165, 1.54) is 19.2 Å². The van der Waals surface area contributed by atoms with Crippen molar-refractivity contribution in [1.29, 1.82) is 0 Å². The van der Waals surface area contributed by atoms with E-state index >= 15 is 0 Å². The van der Waals surface area contributed by atoms with E-state index in [1.54, 1.807) is 6.07 Å². The SMILES string of the molecule is CC[C@@H](NC(=O)c1ccc(N(C)S(C)(=O)=O)cc1Cl)c1ccc(C)cc1. The number of benzene rings is 2. The van der Waals surface area contributed by atoms with Gasteiger partial charge in [0.05, 0.1) is 28.6 Å². The minimum atomic E-state index is -3.39. The van der Waals surface area contributed by atoms with Gasteiger partial charge in [-0.15, -0.1) is 0 Å². The van der Waals surface area contributed by atoms with Crippen LogP contribution in [-0.2, 0) is 10.0 Å². The number of nitrogens with one attached hydrogen (secondary N) is 1. The van der Waals surface area contributed by atoms with Crippen molar-refractivity contribution >= 4 is 33.2 Å². The molecule has 2 rings (SSSR count). The molecule has 0 aliphatic carbocycles. The van der Waals surface area contributed by atoms with Crippen LogP contribution in [0, 0.1) is 6.92 Å². The first kappa shape index (κ1) is 20.3. The van der Waals surface area contributed by atoms with Crippen LogP contribution in [0.2, 0.25) is 5.02 Å². The molecule has 0 radical (unpaired) electrons. The van der Waals surface area contributed by atoms with E-state index in [-0.39, 0.29) is 17.0 Å². The first-order valence-corrected chi connectivity index (χ1v) is 10.5. The minimum absolute atomic E-state index is 0.127. The van der Waals surface area contributed by atoms with E-state index in [0.29, 0.717) is 11.3 Å². The van der Waals surface area contributed by atoms with Crippen LogP contribution in [0.4, 0.5) is 5.69 Å². The second kappa shape index (κ2) is 8.10. The highest BCUT2D eigenvalue weighted by atomic mass is 35.5.